The molecule has 1 aromatic carbocycles. The van der Waals surface area contributed by atoms with Crippen LogP contribution in [0.3, 0.4) is 0 Å². The summed E-state index contributed by atoms with van der Waals surface area (Å²) in [5.41, 5.74) is 13.9. The van der Waals surface area contributed by atoms with Crippen LogP contribution in [-0.4, -0.2) is 82.1 Å². The maximum Gasteiger partial charge on any atom is 0.451 e. The van der Waals surface area contributed by atoms with Crippen LogP contribution in [0.4, 0.5) is 17.6 Å². The summed E-state index contributed by atoms with van der Waals surface area (Å²) in [6.07, 6.45) is -0.729. The predicted molar refractivity (Wildman–Crippen MR) is 169 cm³/mol. The number of halogens is 5. The minimum absolute atomic E-state index is 0.00736. The van der Waals surface area contributed by atoms with Crippen molar-refractivity contribution < 1.29 is 27.0 Å². The number of pyridine rings is 1. The number of allylic oxidation sites excluding steroid dienone is 1. The molecule has 5 rings (SSSR count). The van der Waals surface area contributed by atoms with E-state index < -0.39 is 17.8 Å². The van der Waals surface area contributed by atoms with Gasteiger partial charge in [-0.3, -0.25) is 4.99 Å². The highest BCUT2D eigenvalue weighted by Gasteiger charge is 2.35. The molecule has 2 aliphatic heterocycles. The average molecular weight is 678 g/mol. The molecule has 4 heterocycles. The second kappa shape index (κ2) is 15.1. The Kier molecular flexibility index (Phi) is 11.0. The van der Waals surface area contributed by atoms with E-state index in [0.717, 1.165) is 38.0 Å². The molecule has 0 amide bonds. The molecule has 2 aromatic heterocycles. The van der Waals surface area contributed by atoms with E-state index in [1.54, 1.807) is 18.2 Å². The Balaban J connectivity index is 1.18. The number of H-pyrrole nitrogens is 1. The first-order valence-electron chi connectivity index (χ1n) is 15.1. The molecule has 0 bridgehead atoms. The fraction of sp³-hybridized carbons (Fsp3) is 0.419. The SMILES string of the molecule is C=NC(/C=C(\N)c1nnc(C(F)(F)F)[nH]1)=C(/N)N(CCN1CCC(c2cccc(OCc3ccc(Cl)cc3F)n2)CC1)CC1CCO1. The fourth-order valence-electron chi connectivity index (χ4n) is 5.33. The van der Waals surface area contributed by atoms with Crippen LogP contribution < -0.4 is 16.2 Å². The van der Waals surface area contributed by atoms with E-state index in [1.807, 2.05) is 17.0 Å². The van der Waals surface area contributed by atoms with Crippen molar-refractivity contribution in [2.75, 3.05) is 39.3 Å². The van der Waals surface area contributed by atoms with E-state index in [9.17, 15) is 17.6 Å². The normalized spacial score (nSPS) is 18.4. The lowest BCUT2D eigenvalue weighted by atomic mass is 9.93. The highest BCUT2D eigenvalue weighted by atomic mass is 35.5. The van der Waals surface area contributed by atoms with E-state index in [-0.39, 0.29) is 41.7 Å². The van der Waals surface area contributed by atoms with E-state index >= 15 is 0 Å². The molecule has 2 aliphatic rings. The molecular formula is C31H36ClF4N9O2. The predicted octanol–water partition coefficient (Wildman–Crippen LogP) is 4.69. The molecule has 2 fully saturated rings. The van der Waals surface area contributed by atoms with E-state index in [1.165, 1.54) is 12.1 Å². The number of aliphatic imine (C=N–C) groups is 1. The van der Waals surface area contributed by atoms with E-state index in [0.29, 0.717) is 42.7 Å². The van der Waals surface area contributed by atoms with E-state index in [4.69, 9.17) is 32.5 Å². The molecule has 2 saturated heterocycles. The van der Waals surface area contributed by atoms with Crippen LogP contribution in [0.25, 0.3) is 5.70 Å². The largest absolute Gasteiger partial charge is 0.473 e. The summed E-state index contributed by atoms with van der Waals surface area (Å²) in [7, 11) is 0. The topological polar surface area (TPSA) is 144 Å². The molecule has 0 saturated carbocycles. The molecule has 0 spiro atoms. The molecule has 0 radical (unpaired) electrons. The monoisotopic (exact) mass is 677 g/mol. The number of hydrogen-bond donors (Lipinski definition) is 3. The van der Waals surface area contributed by atoms with Gasteiger partial charge in [0.05, 0.1) is 11.8 Å². The van der Waals surface area contributed by atoms with E-state index in [2.05, 4.69) is 36.8 Å². The number of piperidine rings is 1. The number of likely N-dealkylation sites (tertiary alicyclic amines) is 1. The minimum Gasteiger partial charge on any atom is -0.473 e. The van der Waals surface area contributed by atoms with Gasteiger partial charge in [-0.05, 0) is 63.3 Å². The van der Waals surface area contributed by atoms with Crippen molar-refractivity contribution in [2.24, 2.45) is 16.5 Å². The summed E-state index contributed by atoms with van der Waals surface area (Å²) in [5.74, 6) is -1.01. The molecule has 252 valence electrons. The summed E-state index contributed by atoms with van der Waals surface area (Å²) in [6.45, 7) is 7.70. The molecule has 1 atom stereocenters. The van der Waals surface area contributed by atoms with Crippen molar-refractivity contribution in [3.05, 3.63) is 87.7 Å². The van der Waals surface area contributed by atoms with Gasteiger partial charge in [0.15, 0.2) is 5.82 Å². The molecule has 47 heavy (non-hydrogen) atoms. The molecule has 3 aromatic rings. The third-order valence-corrected chi connectivity index (χ3v) is 8.37. The van der Waals surface area contributed by atoms with Gasteiger partial charge in [-0.25, -0.2) is 9.37 Å². The van der Waals surface area contributed by atoms with Gasteiger partial charge in [-0.2, -0.15) is 13.2 Å². The zero-order chi connectivity index (χ0) is 33.6. The van der Waals surface area contributed by atoms with Crippen LogP contribution in [0.15, 0.2) is 59.0 Å². The quantitative estimate of drug-likeness (QED) is 0.133. The Labute approximate surface area is 274 Å². The van der Waals surface area contributed by atoms with Crippen molar-refractivity contribution in [3.8, 4) is 5.88 Å². The third-order valence-electron chi connectivity index (χ3n) is 8.14. The number of rotatable bonds is 13. The number of nitrogens with two attached hydrogens (primary N) is 2. The maximum atomic E-state index is 14.1. The minimum atomic E-state index is -4.69. The lowest BCUT2D eigenvalue weighted by Gasteiger charge is -2.37. The lowest BCUT2D eigenvalue weighted by Crippen LogP contribution is -2.45. The smallest absolute Gasteiger partial charge is 0.451 e. The second-order valence-electron chi connectivity index (χ2n) is 11.3. The third kappa shape index (κ3) is 8.99. The first kappa shape index (κ1) is 34.1. The molecule has 1 unspecified atom stereocenters. The van der Waals surface area contributed by atoms with Crippen LogP contribution in [-0.2, 0) is 17.5 Å². The Hall–Kier alpha value is -4.21. The van der Waals surface area contributed by atoms with Crippen LogP contribution in [0.5, 0.6) is 5.88 Å². The Morgan fingerprint density at radius 3 is 2.60 bits per heavy atom. The molecule has 16 heteroatoms. The number of ether oxygens (including phenoxy) is 2. The van der Waals surface area contributed by atoms with Gasteiger partial charge < -0.3 is 35.7 Å². The zero-order valence-corrected chi connectivity index (χ0v) is 26.3. The van der Waals surface area contributed by atoms with Gasteiger partial charge in [-0.1, -0.05) is 23.7 Å². The van der Waals surface area contributed by atoms with Gasteiger partial charge >= 0.3 is 6.18 Å². The highest BCUT2D eigenvalue weighted by molar-refractivity contribution is 6.30. The maximum absolute atomic E-state index is 14.1. The van der Waals surface area contributed by atoms with Crippen LogP contribution in [0.2, 0.25) is 5.02 Å². The first-order valence-corrected chi connectivity index (χ1v) is 15.4. The number of hydrogen-bond acceptors (Lipinski definition) is 10. The van der Waals surface area contributed by atoms with Crippen molar-refractivity contribution >= 4 is 24.0 Å². The number of alkyl halides is 3. The summed E-state index contributed by atoms with van der Waals surface area (Å²) in [6, 6.07) is 10.1. The van der Waals surface area contributed by atoms with Gasteiger partial charge in [-0.15, -0.1) is 10.2 Å². The van der Waals surface area contributed by atoms with Crippen molar-refractivity contribution in [3.63, 3.8) is 0 Å². The highest BCUT2D eigenvalue weighted by Crippen LogP contribution is 2.29. The zero-order valence-electron chi connectivity index (χ0n) is 25.5. The number of aromatic nitrogens is 4. The van der Waals surface area contributed by atoms with Crippen LogP contribution in [0, 0.1) is 5.82 Å². The number of nitrogens with zero attached hydrogens (tertiary/aromatic N) is 6. The summed E-state index contributed by atoms with van der Waals surface area (Å²) < 4.78 is 64.4. The van der Waals surface area contributed by atoms with Crippen LogP contribution in [0.1, 0.15) is 48.1 Å². The first-order chi connectivity index (χ1) is 22.5. The summed E-state index contributed by atoms with van der Waals surface area (Å²) >= 11 is 5.84. The second-order valence-corrected chi connectivity index (χ2v) is 11.8. The lowest BCUT2D eigenvalue weighted by molar-refractivity contribution is -0.144. The Bertz CT molecular complexity index is 1600. The van der Waals surface area contributed by atoms with Gasteiger partial charge in [0, 0.05) is 54.5 Å². The Morgan fingerprint density at radius 1 is 1.19 bits per heavy atom. The number of aromatic amines is 1. The fourth-order valence-corrected chi connectivity index (χ4v) is 5.48. The van der Waals surface area contributed by atoms with Crippen LogP contribution >= 0.6 is 11.6 Å². The molecule has 5 N–H and O–H groups in total. The average Bonchev–Trinajstić information content (AvgIpc) is 3.54. The number of nitrogens with one attached hydrogen (secondary N) is 1. The van der Waals surface area contributed by atoms with Gasteiger partial charge in [0.2, 0.25) is 11.7 Å². The van der Waals surface area contributed by atoms with Gasteiger partial charge in [0.25, 0.3) is 0 Å². The van der Waals surface area contributed by atoms with Crippen molar-refractivity contribution in [1.82, 2.24) is 30.0 Å². The summed E-state index contributed by atoms with van der Waals surface area (Å²) in [4.78, 5) is 15.0. The standard InChI is InChI=1S/C31H36ClF4N9O2/c1-39-26(16-24(37)29-41-30(43-42-29)31(34,35)36)28(38)45(17-22-9-14-46-22)13-12-44-10-7-19(8-11-44)25-3-2-4-27(40-25)47-18-20-5-6-21(32)15-23(20)33/h2-6,15-16,19,22H,1,7-14,17-18,37-38H2,(H,41,42,43)/b24-16-,28-26-. The van der Waals surface area contributed by atoms with Crippen molar-refractivity contribution in [2.45, 2.75) is 44.1 Å². The number of benzene rings is 1. The Morgan fingerprint density at radius 2 is 1.96 bits per heavy atom. The van der Waals surface area contributed by atoms with Crippen molar-refractivity contribution in [1.29, 1.82) is 0 Å². The molecule has 0 aliphatic carbocycles. The van der Waals surface area contributed by atoms with Gasteiger partial charge in [0.1, 0.15) is 23.9 Å². The molecular weight excluding hydrogens is 642 g/mol. The summed E-state index contributed by atoms with van der Waals surface area (Å²) in [5, 5.41) is 6.93. The molecule has 11 nitrogen and oxygen atoms in total.